The molecule has 1 saturated carbocycles. The van der Waals surface area contributed by atoms with Gasteiger partial charge in [-0.2, -0.15) is 4.72 Å². The fraction of sp³-hybridized carbons (Fsp3) is 0.417. The van der Waals surface area contributed by atoms with E-state index >= 15 is 0 Å². The summed E-state index contributed by atoms with van der Waals surface area (Å²) in [7, 11) is -2.50. The molecule has 8 nitrogen and oxygen atoms in total. The molecule has 4 rings (SSSR count). The maximum absolute atomic E-state index is 13.2. The van der Waals surface area contributed by atoms with Crippen LogP contribution in [0.15, 0.2) is 62.6 Å². The number of hydrogen-bond donors (Lipinski definition) is 2. The van der Waals surface area contributed by atoms with Gasteiger partial charge in [-0.05, 0) is 55.7 Å². The second-order valence-corrected chi connectivity index (χ2v) is 10.6. The molecule has 176 valence electrons. The summed E-state index contributed by atoms with van der Waals surface area (Å²) in [5.74, 6) is -0.269. The molecule has 0 radical (unpaired) electrons. The summed E-state index contributed by atoms with van der Waals surface area (Å²) < 4.78 is 35.4. The molecule has 0 saturated heterocycles. The molecule has 2 N–H and O–H groups in total. The van der Waals surface area contributed by atoms with Crippen LogP contribution in [0.25, 0.3) is 11.1 Å². The van der Waals surface area contributed by atoms with E-state index < -0.39 is 21.8 Å². The number of carbonyl (C=O) groups excluding carboxylic acids is 1. The lowest BCUT2D eigenvalue weighted by Gasteiger charge is -2.28. The van der Waals surface area contributed by atoms with Gasteiger partial charge in [-0.1, -0.05) is 37.3 Å². The average Bonchev–Trinajstić information content (AvgIpc) is 3.08. The third-order valence-electron chi connectivity index (χ3n) is 6.33. The summed E-state index contributed by atoms with van der Waals surface area (Å²) in [5.41, 5.74) is 1.51. The van der Waals surface area contributed by atoms with Crippen molar-refractivity contribution in [2.45, 2.75) is 56.0 Å². The molecule has 3 aromatic rings. The summed E-state index contributed by atoms with van der Waals surface area (Å²) in [4.78, 5) is 24.9. The van der Waals surface area contributed by atoms with Crippen molar-refractivity contribution in [3.63, 3.8) is 0 Å². The zero-order valence-electron chi connectivity index (χ0n) is 18.8. The van der Waals surface area contributed by atoms with Gasteiger partial charge >= 0.3 is 5.76 Å². The quantitative estimate of drug-likeness (QED) is 0.551. The number of rotatable bonds is 7. The molecule has 1 unspecified atom stereocenters. The number of sulfonamides is 1. The molecule has 0 bridgehead atoms. The molecule has 2 aromatic carbocycles. The molecular weight excluding hydrogens is 442 g/mol. The van der Waals surface area contributed by atoms with Gasteiger partial charge in [0.15, 0.2) is 5.58 Å². The van der Waals surface area contributed by atoms with E-state index in [2.05, 4.69) is 17.0 Å². The van der Waals surface area contributed by atoms with Crippen molar-refractivity contribution in [2.75, 3.05) is 0 Å². The van der Waals surface area contributed by atoms with Crippen LogP contribution in [0.1, 0.15) is 38.2 Å². The molecule has 1 fully saturated rings. The summed E-state index contributed by atoms with van der Waals surface area (Å²) in [5, 5.41) is 3.05. The molecule has 1 aliphatic carbocycles. The number of fused-ring (bicyclic) bond motifs is 1. The van der Waals surface area contributed by atoms with Gasteiger partial charge in [0.1, 0.15) is 6.04 Å². The Kier molecular flexibility index (Phi) is 6.71. The van der Waals surface area contributed by atoms with E-state index in [9.17, 15) is 18.0 Å². The van der Waals surface area contributed by atoms with Crippen LogP contribution in [0.3, 0.4) is 0 Å². The number of nitrogens with zero attached hydrogens (tertiary/aromatic N) is 1. The van der Waals surface area contributed by atoms with Crippen molar-refractivity contribution in [1.29, 1.82) is 0 Å². The lowest BCUT2D eigenvalue weighted by Crippen LogP contribution is -2.51. The summed E-state index contributed by atoms with van der Waals surface area (Å²) in [6.07, 6.45) is 4.09. The zero-order chi connectivity index (χ0) is 23.6. The maximum Gasteiger partial charge on any atom is 0.419 e. The first-order valence-electron chi connectivity index (χ1n) is 11.2. The van der Waals surface area contributed by atoms with Gasteiger partial charge in [-0.3, -0.25) is 9.36 Å². The highest BCUT2D eigenvalue weighted by Gasteiger charge is 2.29. The predicted molar refractivity (Wildman–Crippen MR) is 125 cm³/mol. The van der Waals surface area contributed by atoms with Crippen molar-refractivity contribution in [3.05, 3.63) is 64.6 Å². The molecule has 1 atom stereocenters. The largest absolute Gasteiger partial charge is 0.419 e. The van der Waals surface area contributed by atoms with Crippen LogP contribution in [0, 0.1) is 5.92 Å². The van der Waals surface area contributed by atoms with Gasteiger partial charge < -0.3 is 9.73 Å². The molecular formula is C24H29N3O5S. The van der Waals surface area contributed by atoms with E-state index in [0.29, 0.717) is 11.4 Å². The van der Waals surface area contributed by atoms with E-state index in [-0.39, 0.29) is 28.8 Å². The molecule has 1 aliphatic rings. The first-order chi connectivity index (χ1) is 15.7. The number of amides is 1. The fourth-order valence-corrected chi connectivity index (χ4v) is 5.49. The van der Waals surface area contributed by atoms with Gasteiger partial charge in [0.25, 0.3) is 0 Å². The van der Waals surface area contributed by atoms with Gasteiger partial charge in [0.2, 0.25) is 15.9 Å². The lowest BCUT2D eigenvalue weighted by molar-refractivity contribution is -0.123. The number of aromatic nitrogens is 1. The highest BCUT2D eigenvalue weighted by Crippen LogP contribution is 2.24. The Morgan fingerprint density at radius 1 is 1.12 bits per heavy atom. The maximum atomic E-state index is 13.2. The monoisotopic (exact) mass is 471 g/mol. The molecule has 1 aromatic heterocycles. The molecule has 0 aliphatic heterocycles. The SMILES string of the molecule is CC1CCC(NC(=O)C(Cc2ccccc2)NS(=O)(=O)c2ccc3c(c2)oc(=O)n3C)CC1. The zero-order valence-corrected chi connectivity index (χ0v) is 19.6. The highest BCUT2D eigenvalue weighted by molar-refractivity contribution is 7.89. The van der Waals surface area contributed by atoms with E-state index in [1.54, 1.807) is 7.05 Å². The van der Waals surface area contributed by atoms with Crippen molar-refractivity contribution >= 4 is 27.0 Å². The number of oxazole rings is 1. The van der Waals surface area contributed by atoms with Crippen LogP contribution in [0.2, 0.25) is 0 Å². The van der Waals surface area contributed by atoms with E-state index in [0.717, 1.165) is 31.2 Å². The van der Waals surface area contributed by atoms with Gasteiger partial charge in [0.05, 0.1) is 10.4 Å². The second kappa shape index (κ2) is 9.52. The van der Waals surface area contributed by atoms with E-state index in [1.165, 1.54) is 22.8 Å². The predicted octanol–water partition coefficient (Wildman–Crippen LogP) is 2.72. The summed E-state index contributed by atoms with van der Waals surface area (Å²) >= 11 is 0. The smallest absolute Gasteiger partial charge is 0.408 e. The Morgan fingerprint density at radius 3 is 2.52 bits per heavy atom. The average molecular weight is 472 g/mol. The fourth-order valence-electron chi connectivity index (χ4n) is 4.28. The van der Waals surface area contributed by atoms with Crippen LogP contribution >= 0.6 is 0 Å². The minimum Gasteiger partial charge on any atom is -0.408 e. The Hall–Kier alpha value is -2.91. The molecule has 9 heteroatoms. The van der Waals surface area contributed by atoms with Crippen LogP contribution in [-0.2, 0) is 28.3 Å². The Balaban J connectivity index is 1.58. The lowest BCUT2D eigenvalue weighted by atomic mass is 9.87. The summed E-state index contributed by atoms with van der Waals surface area (Å²) in [6.45, 7) is 2.20. The van der Waals surface area contributed by atoms with Gasteiger partial charge in [-0.25, -0.2) is 13.2 Å². The number of nitrogens with one attached hydrogen (secondary N) is 2. The minimum atomic E-state index is -4.05. The Morgan fingerprint density at radius 2 is 1.82 bits per heavy atom. The third kappa shape index (κ3) is 5.36. The van der Waals surface area contributed by atoms with E-state index in [4.69, 9.17) is 4.42 Å². The van der Waals surface area contributed by atoms with Gasteiger partial charge in [0, 0.05) is 19.2 Å². The third-order valence-corrected chi connectivity index (χ3v) is 7.80. The van der Waals surface area contributed by atoms with Crippen LogP contribution in [0.5, 0.6) is 0 Å². The van der Waals surface area contributed by atoms with Crippen molar-refractivity contribution in [2.24, 2.45) is 13.0 Å². The first kappa shape index (κ1) is 23.3. The number of benzene rings is 2. The normalized spacial score (nSPS) is 19.9. The van der Waals surface area contributed by atoms with E-state index in [1.807, 2.05) is 30.3 Å². The number of carbonyl (C=O) groups is 1. The molecule has 0 spiro atoms. The highest BCUT2D eigenvalue weighted by atomic mass is 32.2. The van der Waals surface area contributed by atoms with Crippen molar-refractivity contribution in [1.82, 2.24) is 14.6 Å². The van der Waals surface area contributed by atoms with Crippen LogP contribution in [-0.4, -0.2) is 31.0 Å². The minimum absolute atomic E-state index is 0.0476. The molecule has 1 amide bonds. The first-order valence-corrected chi connectivity index (χ1v) is 12.7. The standard InChI is InChI=1S/C24H29N3O5S/c1-16-8-10-18(11-9-16)25-23(28)20(14-17-6-4-3-5-7-17)26-33(30,31)19-12-13-21-22(15-19)32-24(29)27(21)2/h3-7,12-13,15-16,18,20,26H,8-11,14H2,1-2H3,(H,25,28). The Labute approximate surface area is 193 Å². The molecule has 33 heavy (non-hydrogen) atoms. The number of aryl methyl sites for hydroxylation is 1. The van der Waals surface area contributed by atoms with Crippen LogP contribution < -0.4 is 15.8 Å². The summed E-state index contributed by atoms with van der Waals surface area (Å²) in [6, 6.07) is 12.6. The Bertz CT molecular complexity index is 1290. The van der Waals surface area contributed by atoms with Gasteiger partial charge in [-0.15, -0.1) is 0 Å². The second-order valence-electron chi connectivity index (χ2n) is 8.89. The van der Waals surface area contributed by atoms with Crippen LogP contribution in [0.4, 0.5) is 0 Å². The van der Waals surface area contributed by atoms with Crippen molar-refractivity contribution < 1.29 is 17.6 Å². The number of hydrogen-bond acceptors (Lipinski definition) is 5. The van der Waals surface area contributed by atoms with Crippen molar-refractivity contribution in [3.8, 4) is 0 Å². The molecule has 1 heterocycles. The topological polar surface area (TPSA) is 110 Å².